The Balaban J connectivity index is 0.00000324. The van der Waals surface area contributed by atoms with Crippen LogP contribution >= 0.6 is 15.2 Å². The van der Waals surface area contributed by atoms with Gasteiger partial charge in [0.15, 0.2) is 0 Å². The molecule has 19 heavy (non-hydrogen) atoms. The molecule has 104 valence electrons. The molecule has 0 bridgehead atoms. The van der Waals surface area contributed by atoms with Gasteiger partial charge in [0.25, 0.3) is 0 Å². The first-order valence-electron chi connectivity index (χ1n) is 4.82. The summed E-state index contributed by atoms with van der Waals surface area (Å²) < 4.78 is 23.0. The van der Waals surface area contributed by atoms with Crippen molar-refractivity contribution in [1.29, 1.82) is 0 Å². The second-order valence-electron chi connectivity index (χ2n) is 3.68. The van der Waals surface area contributed by atoms with E-state index in [1.165, 1.54) is 6.20 Å². The maximum absolute atomic E-state index is 11.1. The molecule has 1 rings (SSSR count). The van der Waals surface area contributed by atoms with Gasteiger partial charge in [-0.2, -0.15) is 0 Å². The molecule has 3 N–H and O–H groups in total. The molecule has 1 heterocycles. The van der Waals surface area contributed by atoms with E-state index in [1.807, 2.05) is 0 Å². The summed E-state index contributed by atoms with van der Waals surface area (Å²) in [4.78, 5) is 43.3. The minimum Gasteiger partial charge on any atom is -0.808 e. The van der Waals surface area contributed by atoms with Crippen LogP contribution in [-0.4, -0.2) is 29.5 Å². The van der Waals surface area contributed by atoms with Crippen LogP contribution in [0.4, 0.5) is 0 Å². The Hall–Kier alpha value is 0.0934. The second-order valence-corrected chi connectivity index (χ2v) is 7.60. The number of nitrogens with zero attached hydrogens (tertiary/aromatic N) is 2. The van der Waals surface area contributed by atoms with Crippen LogP contribution in [0.15, 0.2) is 12.5 Å². The predicted octanol–water partition coefficient (Wildman–Crippen LogP) is -1.82. The Bertz CT molecular complexity index is 499. The average molecular weight is 364 g/mol. The van der Waals surface area contributed by atoms with Gasteiger partial charge in [-0.25, -0.2) is 4.98 Å². The molecular formula is C7H12N2O7P2Zn. The molecule has 9 nitrogen and oxygen atoms in total. The van der Waals surface area contributed by atoms with Crippen molar-refractivity contribution in [2.45, 2.75) is 25.0 Å². The fourth-order valence-corrected chi connectivity index (χ4v) is 3.29. The van der Waals surface area contributed by atoms with Crippen LogP contribution < -0.4 is 9.79 Å². The third-order valence-electron chi connectivity index (χ3n) is 2.45. The molecule has 12 heteroatoms. The Morgan fingerprint density at radius 1 is 1.42 bits per heavy atom. The number of hydrogen-bond donors (Lipinski definition) is 3. The topological polar surface area (TPSA) is 159 Å². The van der Waals surface area contributed by atoms with E-state index in [9.17, 15) is 24.0 Å². The number of aliphatic hydroxyl groups is 1. The maximum atomic E-state index is 11.1. The molecule has 1 aromatic heterocycles. The summed E-state index contributed by atoms with van der Waals surface area (Å²) in [5.41, 5.74) is 0.426. The molecule has 0 aliphatic rings. The van der Waals surface area contributed by atoms with E-state index in [0.29, 0.717) is 12.1 Å². The standard InChI is InChI=1S/C7H14N2O7P2.Zn/c1-2-6-3-8-5-9(6)4-7(10,17(11,12)13)18(14,15)16;/h3,5,10H,2,4H2,1H3,(H2,11,12,13)(H2,14,15,16);/q;+2/p-2. The van der Waals surface area contributed by atoms with Gasteiger partial charge in [0.1, 0.15) is 0 Å². The molecule has 1 aromatic rings. The first-order valence-corrected chi connectivity index (χ1v) is 7.97. The molecule has 1 unspecified atom stereocenters. The zero-order valence-electron chi connectivity index (χ0n) is 10.0. The predicted molar refractivity (Wildman–Crippen MR) is 56.2 cm³/mol. The van der Waals surface area contributed by atoms with E-state index in [1.54, 1.807) is 6.92 Å². The van der Waals surface area contributed by atoms with Gasteiger partial charge in [0, 0.05) is 11.9 Å². The van der Waals surface area contributed by atoms with Crippen LogP contribution in [0.5, 0.6) is 0 Å². The van der Waals surface area contributed by atoms with Gasteiger partial charge in [-0.1, -0.05) is 6.92 Å². The first-order chi connectivity index (χ1) is 8.03. The van der Waals surface area contributed by atoms with Crippen molar-refractivity contribution in [1.82, 2.24) is 9.55 Å². The molecule has 1 atom stereocenters. The van der Waals surface area contributed by atoms with Gasteiger partial charge in [-0.15, -0.1) is 0 Å². The maximum Gasteiger partial charge on any atom is 2.00 e. The fourth-order valence-electron chi connectivity index (χ4n) is 1.35. The Labute approximate surface area is 121 Å². The van der Waals surface area contributed by atoms with Gasteiger partial charge < -0.3 is 33.8 Å². The monoisotopic (exact) mass is 362 g/mol. The number of imidazole rings is 1. The molecule has 0 saturated heterocycles. The fraction of sp³-hybridized carbons (Fsp3) is 0.571. The molecule has 0 aliphatic carbocycles. The van der Waals surface area contributed by atoms with Crippen molar-refractivity contribution in [3.8, 4) is 0 Å². The smallest absolute Gasteiger partial charge is 0.808 e. The van der Waals surface area contributed by atoms with E-state index in [4.69, 9.17) is 9.79 Å². The van der Waals surface area contributed by atoms with Crippen LogP contribution in [0.2, 0.25) is 0 Å². The van der Waals surface area contributed by atoms with Gasteiger partial charge in [-0.05, 0) is 14.0 Å². The summed E-state index contributed by atoms with van der Waals surface area (Å²) in [6.07, 6.45) is 2.80. The van der Waals surface area contributed by atoms with Gasteiger partial charge in [0.05, 0.1) is 12.9 Å². The summed E-state index contributed by atoms with van der Waals surface area (Å²) in [7, 11) is -11.5. The van der Waals surface area contributed by atoms with Crippen molar-refractivity contribution in [2.24, 2.45) is 0 Å². The van der Waals surface area contributed by atoms with E-state index >= 15 is 0 Å². The van der Waals surface area contributed by atoms with Crippen LogP contribution in [0.3, 0.4) is 0 Å². The van der Waals surface area contributed by atoms with Gasteiger partial charge in [-0.3, -0.25) is 4.57 Å². The molecule has 0 aliphatic heterocycles. The summed E-state index contributed by atoms with van der Waals surface area (Å²) in [5, 5.41) is 5.90. The second kappa shape index (κ2) is 6.25. The molecular weight excluding hydrogens is 351 g/mol. The van der Waals surface area contributed by atoms with Crippen molar-refractivity contribution in [3.05, 3.63) is 18.2 Å². The van der Waals surface area contributed by atoms with Crippen molar-refractivity contribution in [3.63, 3.8) is 0 Å². The normalized spacial score (nSPS) is 15.7. The number of hydrogen-bond acceptors (Lipinski definition) is 6. The zero-order valence-corrected chi connectivity index (χ0v) is 14.8. The van der Waals surface area contributed by atoms with E-state index in [0.717, 1.165) is 10.9 Å². The van der Waals surface area contributed by atoms with Crippen LogP contribution in [0.25, 0.3) is 0 Å². The minimum absolute atomic E-state index is 0. The summed E-state index contributed by atoms with van der Waals surface area (Å²) in [6, 6.07) is 0. The molecule has 0 aromatic carbocycles. The number of aryl methyl sites for hydroxylation is 1. The van der Waals surface area contributed by atoms with E-state index in [-0.39, 0.29) is 19.5 Å². The SMILES string of the molecule is CCc1cncn1CC(O)(P(=O)([O-])[O-])P(=O)(O)O.[Zn+2]. The zero-order chi connectivity index (χ0) is 14.2. The van der Waals surface area contributed by atoms with Crippen molar-refractivity contribution >= 4 is 15.2 Å². The Morgan fingerprint density at radius 3 is 2.32 bits per heavy atom. The van der Waals surface area contributed by atoms with Crippen molar-refractivity contribution < 1.29 is 53.3 Å². The third-order valence-corrected chi connectivity index (χ3v) is 6.06. The quantitative estimate of drug-likeness (QED) is 0.407. The Kier molecular flexibility index (Phi) is 6.28. The Morgan fingerprint density at radius 2 is 1.95 bits per heavy atom. The molecule has 0 fully saturated rings. The number of rotatable bonds is 5. The molecule has 0 amide bonds. The van der Waals surface area contributed by atoms with E-state index in [2.05, 4.69) is 4.98 Å². The van der Waals surface area contributed by atoms with Crippen LogP contribution in [-0.2, 0) is 41.6 Å². The summed E-state index contributed by atoms with van der Waals surface area (Å²) in [5.74, 6) is 0. The van der Waals surface area contributed by atoms with Crippen LogP contribution in [0.1, 0.15) is 12.6 Å². The van der Waals surface area contributed by atoms with Gasteiger partial charge in [0.2, 0.25) is 5.08 Å². The molecule has 0 spiro atoms. The number of aromatic nitrogens is 2. The first kappa shape index (κ1) is 19.1. The summed E-state index contributed by atoms with van der Waals surface area (Å²) >= 11 is 0. The van der Waals surface area contributed by atoms with E-state index < -0.39 is 26.8 Å². The van der Waals surface area contributed by atoms with Gasteiger partial charge >= 0.3 is 27.1 Å². The molecule has 0 radical (unpaired) electrons. The minimum atomic E-state index is -5.94. The molecule has 0 saturated carbocycles. The summed E-state index contributed by atoms with van der Waals surface area (Å²) in [6.45, 7) is 0.628. The third kappa shape index (κ3) is 3.81. The largest absolute Gasteiger partial charge is 2.00 e. The van der Waals surface area contributed by atoms with Crippen LogP contribution in [0, 0.1) is 0 Å². The average Bonchev–Trinajstić information content (AvgIpc) is 2.61. The van der Waals surface area contributed by atoms with Crippen molar-refractivity contribution in [2.75, 3.05) is 0 Å².